The summed E-state index contributed by atoms with van der Waals surface area (Å²) in [6.07, 6.45) is 4.54. The van der Waals surface area contributed by atoms with Gasteiger partial charge >= 0.3 is 6.03 Å². The van der Waals surface area contributed by atoms with E-state index in [2.05, 4.69) is 36.1 Å². The highest BCUT2D eigenvalue weighted by molar-refractivity contribution is 5.74. The average molecular weight is 272 g/mol. The third kappa shape index (κ3) is 2.82. The predicted octanol–water partition coefficient (Wildman–Crippen LogP) is 3.39. The lowest BCUT2D eigenvalue weighted by Crippen LogP contribution is -2.45. The van der Waals surface area contributed by atoms with Gasteiger partial charge in [0.05, 0.1) is 0 Å². The Kier molecular flexibility index (Phi) is 3.95. The molecule has 0 atom stereocenters. The fourth-order valence-electron chi connectivity index (χ4n) is 3.35. The van der Waals surface area contributed by atoms with Crippen LogP contribution in [0.25, 0.3) is 0 Å². The number of amides is 2. The minimum absolute atomic E-state index is 0.268. The minimum atomic E-state index is 0.268. The largest absolute Gasteiger partial charge is 0.325 e. The van der Waals surface area contributed by atoms with Gasteiger partial charge in [0.1, 0.15) is 0 Å². The monoisotopic (exact) mass is 272 g/mol. The lowest BCUT2D eigenvalue weighted by Gasteiger charge is -2.34. The first kappa shape index (κ1) is 13.5. The molecule has 3 rings (SSSR count). The number of benzene rings is 1. The van der Waals surface area contributed by atoms with Crippen LogP contribution in [0.5, 0.6) is 0 Å². The van der Waals surface area contributed by atoms with E-state index in [0.717, 1.165) is 39.0 Å². The zero-order valence-corrected chi connectivity index (χ0v) is 12.3. The first-order chi connectivity index (χ1) is 9.74. The van der Waals surface area contributed by atoms with Gasteiger partial charge in [-0.2, -0.15) is 0 Å². The molecule has 0 radical (unpaired) electrons. The van der Waals surface area contributed by atoms with Crippen molar-refractivity contribution in [3.05, 3.63) is 35.4 Å². The molecule has 3 nitrogen and oxygen atoms in total. The van der Waals surface area contributed by atoms with Crippen LogP contribution in [0.2, 0.25) is 0 Å². The lowest BCUT2D eigenvalue weighted by molar-refractivity contribution is 0.148. The van der Waals surface area contributed by atoms with Gasteiger partial charge in [-0.05, 0) is 44.1 Å². The van der Waals surface area contributed by atoms with Crippen molar-refractivity contribution in [1.82, 2.24) is 9.80 Å². The maximum atomic E-state index is 12.3. The van der Waals surface area contributed by atoms with Gasteiger partial charge in [-0.15, -0.1) is 0 Å². The van der Waals surface area contributed by atoms with E-state index < -0.39 is 0 Å². The van der Waals surface area contributed by atoms with E-state index >= 15 is 0 Å². The molecule has 2 aliphatic rings. The van der Waals surface area contributed by atoms with Gasteiger partial charge < -0.3 is 9.80 Å². The van der Waals surface area contributed by atoms with Gasteiger partial charge in [0.2, 0.25) is 0 Å². The molecule has 0 saturated carbocycles. The van der Waals surface area contributed by atoms with E-state index in [1.807, 2.05) is 4.90 Å². The molecule has 0 unspecified atom stereocenters. The highest BCUT2D eigenvalue weighted by Crippen LogP contribution is 2.28. The second kappa shape index (κ2) is 5.86. The smallest absolute Gasteiger partial charge is 0.319 e. The Bertz CT molecular complexity index is 454. The molecule has 1 aromatic rings. The molecule has 2 amide bonds. The normalized spacial score (nSPS) is 20.4. The highest BCUT2D eigenvalue weighted by atomic mass is 16.2. The van der Waals surface area contributed by atoms with Crippen molar-refractivity contribution < 1.29 is 4.79 Å². The summed E-state index contributed by atoms with van der Waals surface area (Å²) in [5.41, 5.74) is 2.75. The van der Waals surface area contributed by atoms with E-state index in [-0.39, 0.29) is 6.03 Å². The van der Waals surface area contributed by atoms with Crippen molar-refractivity contribution in [2.45, 2.75) is 38.5 Å². The Balaban J connectivity index is 1.56. The summed E-state index contributed by atoms with van der Waals surface area (Å²) in [5.74, 6) is 0.623. The Morgan fingerprint density at radius 1 is 0.950 bits per heavy atom. The molecular weight excluding hydrogens is 248 g/mol. The summed E-state index contributed by atoms with van der Waals surface area (Å²) in [6.45, 7) is 5.86. The van der Waals surface area contributed by atoms with Crippen molar-refractivity contribution in [1.29, 1.82) is 0 Å². The third-order valence-corrected chi connectivity index (χ3v) is 4.69. The Morgan fingerprint density at radius 3 is 2.10 bits per heavy atom. The quantitative estimate of drug-likeness (QED) is 0.768. The predicted molar refractivity (Wildman–Crippen MR) is 80.9 cm³/mol. The van der Waals surface area contributed by atoms with Crippen LogP contribution in [-0.4, -0.2) is 42.0 Å². The molecule has 20 heavy (non-hydrogen) atoms. The fourth-order valence-corrected chi connectivity index (χ4v) is 3.35. The van der Waals surface area contributed by atoms with Crippen LogP contribution in [0.3, 0.4) is 0 Å². The number of hydrogen-bond donors (Lipinski definition) is 0. The van der Waals surface area contributed by atoms with E-state index in [1.54, 1.807) is 0 Å². The van der Waals surface area contributed by atoms with Crippen LogP contribution in [0.15, 0.2) is 24.3 Å². The molecule has 3 heteroatoms. The Hall–Kier alpha value is -1.51. The number of carbonyl (C=O) groups is 1. The van der Waals surface area contributed by atoms with Crippen molar-refractivity contribution in [3.8, 4) is 0 Å². The van der Waals surface area contributed by atoms with Gasteiger partial charge in [0.25, 0.3) is 0 Å². The number of nitrogens with zero attached hydrogens (tertiary/aromatic N) is 2. The van der Waals surface area contributed by atoms with E-state index in [9.17, 15) is 4.79 Å². The summed E-state index contributed by atoms with van der Waals surface area (Å²) in [6, 6.07) is 9.15. The molecule has 0 aliphatic carbocycles. The van der Waals surface area contributed by atoms with E-state index in [4.69, 9.17) is 0 Å². The van der Waals surface area contributed by atoms with Gasteiger partial charge in [0.15, 0.2) is 0 Å². The number of piperidine rings is 1. The highest BCUT2D eigenvalue weighted by Gasteiger charge is 2.28. The molecule has 108 valence electrons. The van der Waals surface area contributed by atoms with Gasteiger partial charge in [-0.25, -0.2) is 4.79 Å². The van der Waals surface area contributed by atoms with Gasteiger partial charge in [-0.1, -0.05) is 29.8 Å². The van der Waals surface area contributed by atoms with Crippen LogP contribution in [-0.2, 0) is 0 Å². The number of rotatable bonds is 1. The molecule has 0 bridgehead atoms. The van der Waals surface area contributed by atoms with E-state index in [0.29, 0.717) is 5.92 Å². The lowest BCUT2D eigenvalue weighted by atomic mass is 9.89. The summed E-state index contributed by atoms with van der Waals surface area (Å²) in [4.78, 5) is 16.4. The summed E-state index contributed by atoms with van der Waals surface area (Å²) < 4.78 is 0. The molecule has 0 aromatic heterocycles. The van der Waals surface area contributed by atoms with Crippen LogP contribution < -0.4 is 0 Å². The van der Waals surface area contributed by atoms with Crippen molar-refractivity contribution in [3.63, 3.8) is 0 Å². The number of aryl methyl sites for hydroxylation is 1. The Morgan fingerprint density at radius 2 is 1.50 bits per heavy atom. The number of carbonyl (C=O) groups excluding carboxylic acids is 1. The van der Waals surface area contributed by atoms with Gasteiger partial charge in [-0.3, -0.25) is 0 Å². The van der Waals surface area contributed by atoms with Crippen molar-refractivity contribution in [2.24, 2.45) is 0 Å². The van der Waals surface area contributed by atoms with Crippen LogP contribution in [0.1, 0.15) is 42.7 Å². The first-order valence-corrected chi connectivity index (χ1v) is 7.84. The number of likely N-dealkylation sites (tertiary alicyclic amines) is 2. The van der Waals surface area contributed by atoms with Gasteiger partial charge in [0, 0.05) is 26.2 Å². The summed E-state index contributed by atoms with van der Waals surface area (Å²) >= 11 is 0. The zero-order chi connectivity index (χ0) is 13.9. The molecular formula is C17H24N2O. The zero-order valence-electron chi connectivity index (χ0n) is 12.3. The third-order valence-electron chi connectivity index (χ3n) is 4.69. The first-order valence-electron chi connectivity index (χ1n) is 7.84. The van der Waals surface area contributed by atoms with Crippen LogP contribution >= 0.6 is 0 Å². The number of urea groups is 1. The second-order valence-corrected chi connectivity index (χ2v) is 6.15. The summed E-state index contributed by atoms with van der Waals surface area (Å²) in [5, 5.41) is 0. The van der Waals surface area contributed by atoms with Crippen molar-refractivity contribution in [2.75, 3.05) is 26.2 Å². The molecule has 0 N–H and O–H groups in total. The molecule has 2 aliphatic heterocycles. The standard InChI is InChI=1S/C17H24N2O/c1-14-4-6-15(7-5-14)16-8-12-19(13-9-16)17(20)18-10-2-3-11-18/h4-7,16H,2-3,8-13H2,1H3. The Labute approximate surface area is 121 Å². The minimum Gasteiger partial charge on any atom is -0.325 e. The van der Waals surface area contributed by atoms with E-state index in [1.165, 1.54) is 24.0 Å². The SMILES string of the molecule is Cc1ccc(C2CCN(C(=O)N3CCCC3)CC2)cc1. The molecule has 2 saturated heterocycles. The molecule has 0 spiro atoms. The second-order valence-electron chi connectivity index (χ2n) is 6.15. The molecule has 2 fully saturated rings. The number of hydrogen-bond acceptors (Lipinski definition) is 1. The fraction of sp³-hybridized carbons (Fsp3) is 0.588. The summed E-state index contributed by atoms with van der Waals surface area (Å²) in [7, 11) is 0. The topological polar surface area (TPSA) is 23.6 Å². The molecule has 2 heterocycles. The molecule has 1 aromatic carbocycles. The maximum Gasteiger partial charge on any atom is 0.319 e. The van der Waals surface area contributed by atoms with Crippen LogP contribution in [0, 0.1) is 6.92 Å². The van der Waals surface area contributed by atoms with Crippen LogP contribution in [0.4, 0.5) is 4.79 Å². The maximum absolute atomic E-state index is 12.3. The van der Waals surface area contributed by atoms with Crippen molar-refractivity contribution >= 4 is 6.03 Å². The average Bonchev–Trinajstić information content (AvgIpc) is 3.02.